The highest BCUT2D eigenvalue weighted by Crippen LogP contribution is 2.48. The fraction of sp³-hybridized carbons (Fsp3) is 0.923. The summed E-state index contributed by atoms with van der Waals surface area (Å²) in [6, 6.07) is 0. The van der Waals surface area contributed by atoms with Crippen LogP contribution in [0.25, 0.3) is 0 Å². The topological polar surface area (TPSA) is 50.4 Å². The summed E-state index contributed by atoms with van der Waals surface area (Å²) in [6.07, 6.45) is 5.75. The van der Waals surface area contributed by atoms with Crippen LogP contribution in [0.3, 0.4) is 0 Å². The quantitative estimate of drug-likeness (QED) is 0.534. The van der Waals surface area contributed by atoms with Gasteiger partial charge in [0, 0.05) is 13.1 Å². The Labute approximate surface area is 98.9 Å². The normalized spacial score (nSPS) is 21.9. The molecule has 0 unspecified atom stereocenters. The highest BCUT2D eigenvalue weighted by Gasteiger charge is 2.40. The number of rotatable bonds is 6. The molecule has 2 aliphatic rings. The zero-order valence-corrected chi connectivity index (χ0v) is 10.6. The number of aliphatic imine (C=N–C) groups is 1. The lowest BCUT2D eigenvalue weighted by molar-refractivity contribution is 0.401. The molecule has 0 spiro atoms. The number of nitrogens with two attached hydrogens (primary N) is 1. The van der Waals surface area contributed by atoms with Crippen LogP contribution in [-0.2, 0) is 0 Å². The first kappa shape index (κ1) is 11.7. The summed E-state index contributed by atoms with van der Waals surface area (Å²) in [5, 5.41) is 3.31. The minimum Gasteiger partial charge on any atom is -0.370 e. The fourth-order valence-corrected chi connectivity index (χ4v) is 2.33. The van der Waals surface area contributed by atoms with Gasteiger partial charge in [0.2, 0.25) is 0 Å². The molecule has 0 atom stereocenters. The average Bonchev–Trinajstić information content (AvgIpc) is 3.07. The summed E-state index contributed by atoms with van der Waals surface area (Å²) in [7, 11) is 0. The number of guanidine groups is 1. The molecule has 2 aliphatic carbocycles. The van der Waals surface area contributed by atoms with E-state index >= 15 is 0 Å². The van der Waals surface area contributed by atoms with Crippen LogP contribution in [0.5, 0.6) is 0 Å². The molecule has 0 bridgehead atoms. The van der Waals surface area contributed by atoms with Crippen molar-refractivity contribution in [2.75, 3.05) is 13.1 Å². The largest absolute Gasteiger partial charge is 0.370 e. The van der Waals surface area contributed by atoms with Crippen molar-refractivity contribution < 1.29 is 0 Å². The van der Waals surface area contributed by atoms with Gasteiger partial charge in [0.1, 0.15) is 0 Å². The van der Waals surface area contributed by atoms with Crippen LogP contribution in [0.2, 0.25) is 0 Å². The summed E-state index contributed by atoms with van der Waals surface area (Å²) < 4.78 is 0. The van der Waals surface area contributed by atoms with Crippen LogP contribution in [-0.4, -0.2) is 19.0 Å². The van der Waals surface area contributed by atoms with E-state index in [0.717, 1.165) is 30.8 Å². The van der Waals surface area contributed by atoms with E-state index in [-0.39, 0.29) is 0 Å². The first-order chi connectivity index (χ1) is 7.66. The molecule has 0 saturated heterocycles. The molecule has 0 heterocycles. The molecule has 0 aliphatic heterocycles. The molecule has 16 heavy (non-hydrogen) atoms. The number of hydrogen-bond donors (Lipinski definition) is 2. The van der Waals surface area contributed by atoms with Gasteiger partial charge in [0.05, 0.1) is 0 Å². The van der Waals surface area contributed by atoms with E-state index in [9.17, 15) is 0 Å². The Morgan fingerprint density at radius 2 is 1.81 bits per heavy atom. The molecule has 92 valence electrons. The molecule has 0 radical (unpaired) electrons. The molecule has 2 rings (SSSR count). The number of nitrogens with one attached hydrogen (secondary N) is 1. The summed E-state index contributed by atoms with van der Waals surface area (Å²) in [5.74, 6) is 4.06. The van der Waals surface area contributed by atoms with Gasteiger partial charge in [0.15, 0.2) is 5.96 Å². The third-order valence-electron chi connectivity index (χ3n) is 3.60. The molecule has 3 nitrogen and oxygen atoms in total. The van der Waals surface area contributed by atoms with E-state index in [1.807, 2.05) is 0 Å². The highest BCUT2D eigenvalue weighted by molar-refractivity contribution is 5.77. The van der Waals surface area contributed by atoms with Gasteiger partial charge in [0.25, 0.3) is 0 Å². The molecular formula is C13H25N3. The Hall–Kier alpha value is -0.730. The third-order valence-corrected chi connectivity index (χ3v) is 3.60. The summed E-state index contributed by atoms with van der Waals surface area (Å²) in [5.41, 5.74) is 5.85. The van der Waals surface area contributed by atoms with Crippen LogP contribution < -0.4 is 11.1 Å². The van der Waals surface area contributed by atoms with Crippen molar-refractivity contribution in [1.29, 1.82) is 0 Å². The monoisotopic (exact) mass is 223 g/mol. The van der Waals surface area contributed by atoms with Crippen LogP contribution in [0.15, 0.2) is 4.99 Å². The smallest absolute Gasteiger partial charge is 0.188 e. The van der Waals surface area contributed by atoms with Gasteiger partial charge in [-0.2, -0.15) is 0 Å². The number of nitrogens with zero attached hydrogens (tertiary/aromatic N) is 1. The molecular weight excluding hydrogens is 198 g/mol. The second-order valence-corrected chi connectivity index (χ2v) is 5.84. The summed E-state index contributed by atoms with van der Waals surface area (Å²) >= 11 is 0. The van der Waals surface area contributed by atoms with Crippen LogP contribution in [0, 0.1) is 23.7 Å². The van der Waals surface area contributed by atoms with E-state index in [0.29, 0.717) is 11.9 Å². The summed E-state index contributed by atoms with van der Waals surface area (Å²) in [4.78, 5) is 4.34. The van der Waals surface area contributed by atoms with Gasteiger partial charge in [-0.15, -0.1) is 0 Å². The highest BCUT2D eigenvalue weighted by atomic mass is 15.1. The molecule has 2 saturated carbocycles. The molecule has 3 heteroatoms. The van der Waals surface area contributed by atoms with Crippen molar-refractivity contribution in [3.8, 4) is 0 Å². The average molecular weight is 223 g/mol. The van der Waals surface area contributed by atoms with Crippen LogP contribution >= 0.6 is 0 Å². The van der Waals surface area contributed by atoms with Gasteiger partial charge >= 0.3 is 0 Å². The second-order valence-electron chi connectivity index (χ2n) is 5.84. The Morgan fingerprint density at radius 3 is 2.25 bits per heavy atom. The fourth-order valence-electron chi connectivity index (χ4n) is 2.33. The lowest BCUT2D eigenvalue weighted by Gasteiger charge is -2.16. The van der Waals surface area contributed by atoms with Crippen LogP contribution in [0.4, 0.5) is 0 Å². The zero-order chi connectivity index (χ0) is 11.5. The molecule has 0 aromatic carbocycles. The maximum Gasteiger partial charge on any atom is 0.188 e. The van der Waals surface area contributed by atoms with Crippen molar-refractivity contribution in [2.45, 2.75) is 39.5 Å². The van der Waals surface area contributed by atoms with Gasteiger partial charge in [-0.1, -0.05) is 13.8 Å². The van der Waals surface area contributed by atoms with Crippen molar-refractivity contribution in [3.63, 3.8) is 0 Å². The summed E-state index contributed by atoms with van der Waals surface area (Å²) in [6.45, 7) is 6.20. The molecule has 0 amide bonds. The lowest BCUT2D eigenvalue weighted by atomic mass is 9.98. The van der Waals surface area contributed by atoms with Gasteiger partial charge in [-0.25, -0.2) is 0 Å². The number of hydrogen-bond acceptors (Lipinski definition) is 1. The second kappa shape index (κ2) is 5.07. The van der Waals surface area contributed by atoms with Crippen molar-refractivity contribution >= 4 is 5.96 Å². The van der Waals surface area contributed by atoms with E-state index in [4.69, 9.17) is 5.73 Å². The van der Waals surface area contributed by atoms with E-state index in [2.05, 4.69) is 24.2 Å². The first-order valence-electron chi connectivity index (χ1n) is 6.70. The van der Waals surface area contributed by atoms with Gasteiger partial charge in [-0.05, 0) is 49.4 Å². The van der Waals surface area contributed by atoms with Crippen molar-refractivity contribution in [1.82, 2.24) is 5.32 Å². The SMILES string of the molecule is CC(C)CN=C(N)NCC(C1CC1)C1CC1. The van der Waals surface area contributed by atoms with Gasteiger partial charge < -0.3 is 11.1 Å². The first-order valence-corrected chi connectivity index (χ1v) is 6.70. The van der Waals surface area contributed by atoms with Gasteiger partial charge in [-0.3, -0.25) is 4.99 Å². The third kappa shape index (κ3) is 3.69. The Balaban J connectivity index is 1.70. The predicted octanol–water partition coefficient (Wildman–Crippen LogP) is 1.98. The minimum absolute atomic E-state index is 0.586. The Kier molecular flexibility index (Phi) is 3.72. The van der Waals surface area contributed by atoms with E-state index in [1.54, 1.807) is 0 Å². The predicted molar refractivity (Wildman–Crippen MR) is 68.3 cm³/mol. The Bertz CT molecular complexity index is 240. The standard InChI is InChI=1S/C13H25N3/c1-9(2)7-15-13(14)16-8-12(10-3-4-10)11-5-6-11/h9-12H,3-8H2,1-2H3,(H3,14,15,16). The van der Waals surface area contributed by atoms with E-state index in [1.165, 1.54) is 25.7 Å². The Morgan fingerprint density at radius 1 is 1.25 bits per heavy atom. The molecule has 0 aromatic rings. The molecule has 0 aromatic heterocycles. The lowest BCUT2D eigenvalue weighted by Crippen LogP contribution is -2.37. The minimum atomic E-state index is 0.586. The molecule has 2 fully saturated rings. The van der Waals surface area contributed by atoms with Crippen molar-refractivity contribution in [2.24, 2.45) is 34.4 Å². The molecule has 3 N–H and O–H groups in total. The zero-order valence-electron chi connectivity index (χ0n) is 10.6. The maximum absolute atomic E-state index is 5.85. The van der Waals surface area contributed by atoms with Crippen molar-refractivity contribution in [3.05, 3.63) is 0 Å². The van der Waals surface area contributed by atoms with Crippen LogP contribution in [0.1, 0.15) is 39.5 Å². The maximum atomic E-state index is 5.85. The van der Waals surface area contributed by atoms with E-state index < -0.39 is 0 Å².